The summed E-state index contributed by atoms with van der Waals surface area (Å²) >= 11 is 1.41. The Balaban J connectivity index is 1.58. The number of thiophene rings is 1. The Hall–Kier alpha value is -3.14. The minimum Gasteiger partial charge on any atom is -0.352 e. The minimum absolute atomic E-state index is 0.0507. The van der Waals surface area contributed by atoms with Crippen LogP contribution in [0.15, 0.2) is 29.9 Å². The number of hydrogen-bond donors (Lipinski definition) is 2. The Bertz CT molecular complexity index is 1100. The zero-order valence-corrected chi connectivity index (χ0v) is 17.4. The maximum Gasteiger partial charge on any atom is 0.274 e. The summed E-state index contributed by atoms with van der Waals surface area (Å²) in [6, 6.07) is 2.88. The van der Waals surface area contributed by atoms with Gasteiger partial charge in [-0.05, 0) is 36.4 Å². The van der Waals surface area contributed by atoms with E-state index in [2.05, 4.69) is 25.6 Å². The first kappa shape index (κ1) is 20.1. The quantitative estimate of drug-likeness (QED) is 0.648. The summed E-state index contributed by atoms with van der Waals surface area (Å²) in [5.41, 5.74) is 1.64. The van der Waals surface area contributed by atoms with Crippen molar-refractivity contribution in [3.63, 3.8) is 0 Å². The lowest BCUT2D eigenvalue weighted by Crippen LogP contribution is -2.37. The van der Waals surface area contributed by atoms with Crippen LogP contribution in [0.3, 0.4) is 0 Å². The first-order valence-electron chi connectivity index (χ1n) is 9.59. The fraction of sp³-hybridized carbons (Fsp3) is 0.350. The molecule has 156 valence electrons. The Morgan fingerprint density at radius 2 is 2.17 bits per heavy atom. The second-order valence-corrected chi connectivity index (χ2v) is 8.19. The number of nitrogens with one attached hydrogen (secondary N) is 2. The highest BCUT2D eigenvalue weighted by molar-refractivity contribution is 7.17. The number of amides is 2. The molecule has 1 aliphatic heterocycles. The first-order valence-corrected chi connectivity index (χ1v) is 10.5. The molecule has 1 aliphatic rings. The Morgan fingerprint density at radius 3 is 2.93 bits per heavy atom. The maximum absolute atomic E-state index is 13.5. The standard InChI is InChI=1S/C20H21FN6O2S/c1-11(13-7-14(21)9-22-8-13)23-20-25-16-4-6-30-18(16)17(26-20)19(29)27-5-3-15(10-27)24-12(2)28/h4,6-9,11,15H,3,5,10H2,1-2H3,(H,24,28)(H,23,25,26)/t11-,15+/m0/s1. The van der Waals surface area contributed by atoms with Gasteiger partial charge in [0.1, 0.15) is 5.82 Å². The lowest BCUT2D eigenvalue weighted by molar-refractivity contribution is -0.119. The van der Waals surface area contributed by atoms with Crippen LogP contribution in [0.2, 0.25) is 0 Å². The van der Waals surface area contributed by atoms with Gasteiger partial charge in [0, 0.05) is 32.3 Å². The average molecular weight is 428 g/mol. The monoisotopic (exact) mass is 428 g/mol. The van der Waals surface area contributed by atoms with Gasteiger partial charge < -0.3 is 15.5 Å². The predicted octanol–water partition coefficient (Wildman–Crippen LogP) is 2.75. The second-order valence-electron chi connectivity index (χ2n) is 7.27. The van der Waals surface area contributed by atoms with E-state index in [-0.39, 0.29) is 23.9 Å². The lowest BCUT2D eigenvalue weighted by atomic mass is 10.1. The van der Waals surface area contributed by atoms with E-state index in [4.69, 9.17) is 0 Å². The molecular formula is C20H21FN6O2S. The Morgan fingerprint density at radius 1 is 1.33 bits per heavy atom. The van der Waals surface area contributed by atoms with Gasteiger partial charge in [-0.1, -0.05) is 0 Å². The third kappa shape index (κ3) is 4.23. The van der Waals surface area contributed by atoms with Crippen LogP contribution in [0.5, 0.6) is 0 Å². The van der Waals surface area contributed by atoms with Gasteiger partial charge in [0.15, 0.2) is 5.69 Å². The van der Waals surface area contributed by atoms with Crippen LogP contribution in [-0.4, -0.2) is 50.8 Å². The number of nitrogens with zero attached hydrogens (tertiary/aromatic N) is 4. The summed E-state index contributed by atoms with van der Waals surface area (Å²) in [4.78, 5) is 39.0. The average Bonchev–Trinajstić information content (AvgIpc) is 3.35. The van der Waals surface area contributed by atoms with E-state index in [0.29, 0.717) is 46.9 Å². The molecule has 0 spiro atoms. The fourth-order valence-electron chi connectivity index (χ4n) is 3.51. The zero-order valence-electron chi connectivity index (χ0n) is 16.6. The number of hydrogen-bond acceptors (Lipinski definition) is 7. The highest BCUT2D eigenvalue weighted by Gasteiger charge is 2.30. The summed E-state index contributed by atoms with van der Waals surface area (Å²) in [7, 11) is 0. The van der Waals surface area contributed by atoms with Gasteiger partial charge in [-0.2, -0.15) is 0 Å². The Kier molecular flexibility index (Phi) is 5.58. The van der Waals surface area contributed by atoms with Crippen molar-refractivity contribution in [2.75, 3.05) is 18.4 Å². The van der Waals surface area contributed by atoms with Crippen molar-refractivity contribution in [3.8, 4) is 0 Å². The summed E-state index contributed by atoms with van der Waals surface area (Å²) in [5, 5.41) is 7.86. The van der Waals surface area contributed by atoms with E-state index >= 15 is 0 Å². The van der Waals surface area contributed by atoms with Crippen molar-refractivity contribution in [1.29, 1.82) is 0 Å². The van der Waals surface area contributed by atoms with Crippen LogP contribution in [0.25, 0.3) is 10.2 Å². The molecule has 2 amide bonds. The van der Waals surface area contributed by atoms with Crippen LogP contribution in [0.4, 0.5) is 10.3 Å². The number of carbonyl (C=O) groups excluding carboxylic acids is 2. The van der Waals surface area contributed by atoms with Crippen LogP contribution in [0.1, 0.15) is 42.4 Å². The SMILES string of the molecule is CC(=O)N[C@@H]1CCN(C(=O)c2nc(N[C@@H](C)c3cncc(F)c3)nc3ccsc23)C1. The summed E-state index contributed by atoms with van der Waals surface area (Å²) in [6.07, 6.45) is 3.42. The molecule has 4 heterocycles. The molecule has 10 heteroatoms. The van der Waals surface area contributed by atoms with E-state index in [1.54, 1.807) is 11.1 Å². The van der Waals surface area contributed by atoms with E-state index < -0.39 is 5.82 Å². The predicted molar refractivity (Wildman–Crippen MR) is 112 cm³/mol. The third-order valence-electron chi connectivity index (χ3n) is 4.96. The number of fused-ring (bicyclic) bond motifs is 1. The summed E-state index contributed by atoms with van der Waals surface area (Å²) < 4.78 is 14.2. The smallest absolute Gasteiger partial charge is 0.274 e. The number of anilines is 1. The largest absolute Gasteiger partial charge is 0.352 e. The zero-order chi connectivity index (χ0) is 21.3. The highest BCUT2D eigenvalue weighted by Crippen LogP contribution is 2.27. The molecule has 3 aromatic heterocycles. The van der Waals surface area contributed by atoms with Gasteiger partial charge in [0.05, 0.1) is 22.5 Å². The fourth-order valence-corrected chi connectivity index (χ4v) is 4.33. The highest BCUT2D eigenvalue weighted by atomic mass is 32.1. The molecule has 2 atom stereocenters. The number of halogens is 1. The number of aromatic nitrogens is 3. The summed E-state index contributed by atoms with van der Waals surface area (Å²) in [6.45, 7) is 4.31. The van der Waals surface area contributed by atoms with Crippen molar-refractivity contribution in [1.82, 2.24) is 25.2 Å². The number of pyridine rings is 1. The molecule has 3 aromatic rings. The van der Waals surface area contributed by atoms with E-state index in [0.717, 1.165) is 6.20 Å². The first-order chi connectivity index (χ1) is 14.4. The molecule has 0 aromatic carbocycles. The molecule has 0 radical (unpaired) electrons. The van der Waals surface area contributed by atoms with Crippen LogP contribution >= 0.6 is 11.3 Å². The van der Waals surface area contributed by atoms with Gasteiger partial charge in [0.25, 0.3) is 5.91 Å². The molecule has 0 saturated carbocycles. The molecule has 1 fully saturated rings. The van der Waals surface area contributed by atoms with Gasteiger partial charge >= 0.3 is 0 Å². The van der Waals surface area contributed by atoms with E-state index in [1.165, 1.54) is 24.3 Å². The van der Waals surface area contributed by atoms with Crippen molar-refractivity contribution >= 4 is 39.3 Å². The van der Waals surface area contributed by atoms with Gasteiger partial charge in [-0.3, -0.25) is 14.6 Å². The molecule has 0 aliphatic carbocycles. The topological polar surface area (TPSA) is 100 Å². The maximum atomic E-state index is 13.5. The lowest BCUT2D eigenvalue weighted by Gasteiger charge is -2.18. The molecule has 0 bridgehead atoms. The number of rotatable bonds is 5. The third-order valence-corrected chi connectivity index (χ3v) is 5.87. The molecule has 8 nitrogen and oxygen atoms in total. The normalized spacial score (nSPS) is 17.2. The number of carbonyl (C=O) groups is 2. The van der Waals surface area contributed by atoms with Crippen LogP contribution in [0, 0.1) is 5.82 Å². The van der Waals surface area contributed by atoms with Crippen molar-refractivity contribution in [3.05, 3.63) is 47.0 Å². The summed E-state index contributed by atoms with van der Waals surface area (Å²) in [5.74, 6) is -0.433. The van der Waals surface area contributed by atoms with Crippen molar-refractivity contribution in [2.24, 2.45) is 0 Å². The molecule has 30 heavy (non-hydrogen) atoms. The van der Waals surface area contributed by atoms with E-state index in [9.17, 15) is 14.0 Å². The van der Waals surface area contributed by atoms with Crippen molar-refractivity contribution < 1.29 is 14.0 Å². The molecule has 1 saturated heterocycles. The van der Waals surface area contributed by atoms with Crippen LogP contribution < -0.4 is 10.6 Å². The van der Waals surface area contributed by atoms with Gasteiger partial charge in [-0.15, -0.1) is 11.3 Å². The number of likely N-dealkylation sites (tertiary alicyclic amines) is 1. The molecule has 0 unspecified atom stereocenters. The molecular weight excluding hydrogens is 407 g/mol. The van der Waals surface area contributed by atoms with E-state index in [1.807, 2.05) is 18.4 Å². The van der Waals surface area contributed by atoms with Crippen molar-refractivity contribution in [2.45, 2.75) is 32.4 Å². The van der Waals surface area contributed by atoms with Gasteiger partial charge in [0.2, 0.25) is 11.9 Å². The molecule has 4 rings (SSSR count). The minimum atomic E-state index is -0.422. The molecule has 2 N–H and O–H groups in total. The second kappa shape index (κ2) is 8.31. The van der Waals surface area contributed by atoms with Crippen LogP contribution in [-0.2, 0) is 4.79 Å². The van der Waals surface area contributed by atoms with Gasteiger partial charge in [-0.25, -0.2) is 14.4 Å². The Labute approximate surface area is 176 Å².